The van der Waals surface area contributed by atoms with Crippen molar-refractivity contribution in [2.75, 3.05) is 33.4 Å². The SMILES string of the molecule is CCCN(O)C(=O)C(NC(=O)CNC(=O)C(=O)C(CCC(F)F)NC(=O)C1[C@@H](CC(C)COC)CCN1C(=O)C(NC(=O)OC(C)(C)CC)C1CCCCC1)c1ccccc1. The second-order valence-electron chi connectivity index (χ2n) is 16.8. The van der Waals surface area contributed by atoms with Crippen LogP contribution in [0.2, 0.25) is 0 Å². The molecule has 1 saturated carbocycles. The molecule has 1 aliphatic carbocycles. The van der Waals surface area contributed by atoms with E-state index >= 15 is 0 Å². The average molecular weight is 865 g/mol. The molecule has 61 heavy (non-hydrogen) atoms. The van der Waals surface area contributed by atoms with Gasteiger partial charge in [-0.1, -0.05) is 70.4 Å². The number of nitrogens with one attached hydrogen (secondary N) is 4. The molecule has 0 bridgehead atoms. The van der Waals surface area contributed by atoms with Gasteiger partial charge in [0.25, 0.3) is 11.8 Å². The van der Waals surface area contributed by atoms with Gasteiger partial charge in [-0.15, -0.1) is 0 Å². The zero-order chi connectivity index (χ0) is 45.3. The number of halogens is 2. The van der Waals surface area contributed by atoms with Crippen LogP contribution in [0.25, 0.3) is 0 Å². The first-order chi connectivity index (χ1) is 28.9. The molecule has 6 amide bonds. The van der Waals surface area contributed by atoms with Gasteiger partial charge in [0.15, 0.2) is 0 Å². The fourth-order valence-electron chi connectivity index (χ4n) is 7.92. The Balaban J connectivity index is 1.85. The van der Waals surface area contributed by atoms with Crippen molar-refractivity contribution in [3.05, 3.63) is 35.9 Å². The smallest absolute Gasteiger partial charge is 0.408 e. The van der Waals surface area contributed by atoms with Gasteiger partial charge in [0.05, 0.1) is 12.6 Å². The third-order valence-corrected chi connectivity index (χ3v) is 11.4. The molecule has 1 saturated heterocycles. The number of ether oxygens (including phenoxy) is 2. The Kier molecular flexibility index (Phi) is 20.5. The molecule has 2 aliphatic rings. The van der Waals surface area contributed by atoms with Gasteiger partial charge in [-0.3, -0.25) is 34.0 Å². The summed E-state index contributed by atoms with van der Waals surface area (Å²) in [6, 6.07) is 2.73. The molecule has 5 N–H and O–H groups in total. The van der Waals surface area contributed by atoms with Crippen molar-refractivity contribution in [2.45, 2.75) is 141 Å². The van der Waals surface area contributed by atoms with Crippen LogP contribution in [0, 0.1) is 17.8 Å². The van der Waals surface area contributed by atoms with Crippen LogP contribution >= 0.6 is 0 Å². The van der Waals surface area contributed by atoms with Gasteiger partial charge < -0.3 is 35.6 Å². The zero-order valence-corrected chi connectivity index (χ0v) is 36.4. The summed E-state index contributed by atoms with van der Waals surface area (Å²) in [4.78, 5) is 96.5. The fraction of sp³-hybridized carbons (Fsp3) is 0.698. The van der Waals surface area contributed by atoms with Crippen molar-refractivity contribution in [3.8, 4) is 0 Å². The normalized spacial score (nSPS) is 19.0. The van der Waals surface area contributed by atoms with E-state index in [0.29, 0.717) is 55.8 Å². The Morgan fingerprint density at radius 3 is 2.23 bits per heavy atom. The number of hydrogen-bond acceptors (Lipinski definition) is 10. The largest absolute Gasteiger partial charge is 0.444 e. The van der Waals surface area contributed by atoms with E-state index in [1.807, 2.05) is 13.8 Å². The van der Waals surface area contributed by atoms with Crippen LogP contribution < -0.4 is 21.3 Å². The minimum absolute atomic E-state index is 0.0150. The van der Waals surface area contributed by atoms with E-state index in [1.54, 1.807) is 51.1 Å². The van der Waals surface area contributed by atoms with Crippen LogP contribution in [0.5, 0.6) is 0 Å². The molecule has 1 heterocycles. The number of Topliss-reactive ketones (excluding diaryl/α,β-unsaturated/α-hetero) is 1. The highest BCUT2D eigenvalue weighted by Gasteiger charge is 2.47. The van der Waals surface area contributed by atoms with E-state index in [9.17, 15) is 47.5 Å². The number of nitrogens with zero attached hydrogens (tertiary/aromatic N) is 2. The average Bonchev–Trinajstić information content (AvgIpc) is 3.65. The third-order valence-electron chi connectivity index (χ3n) is 11.4. The van der Waals surface area contributed by atoms with Gasteiger partial charge >= 0.3 is 6.09 Å². The van der Waals surface area contributed by atoms with Crippen LogP contribution in [-0.4, -0.2) is 120 Å². The van der Waals surface area contributed by atoms with Crippen LogP contribution in [0.1, 0.15) is 117 Å². The number of carbonyl (C=O) groups excluding carboxylic acids is 7. The Morgan fingerprint density at radius 1 is 0.951 bits per heavy atom. The van der Waals surface area contributed by atoms with Crippen molar-refractivity contribution in [1.29, 1.82) is 0 Å². The molecule has 0 radical (unpaired) electrons. The maximum absolute atomic E-state index is 14.6. The topological polar surface area (TPSA) is 213 Å². The Hall–Kier alpha value is -4.71. The maximum Gasteiger partial charge on any atom is 0.408 e. The van der Waals surface area contributed by atoms with Crippen molar-refractivity contribution >= 4 is 41.4 Å². The van der Waals surface area contributed by atoms with E-state index in [-0.39, 0.29) is 24.9 Å². The lowest BCUT2D eigenvalue weighted by Gasteiger charge is -2.36. The predicted octanol–water partition coefficient (Wildman–Crippen LogP) is 4.44. The van der Waals surface area contributed by atoms with E-state index < -0.39 is 103 Å². The van der Waals surface area contributed by atoms with Crippen LogP contribution in [0.3, 0.4) is 0 Å². The predicted molar refractivity (Wildman–Crippen MR) is 220 cm³/mol. The van der Waals surface area contributed by atoms with E-state index in [0.717, 1.165) is 19.3 Å². The maximum atomic E-state index is 14.6. The van der Waals surface area contributed by atoms with Crippen LogP contribution in [-0.2, 0) is 38.2 Å². The molecule has 3 rings (SSSR count). The second kappa shape index (κ2) is 24.7. The van der Waals surface area contributed by atoms with Gasteiger partial charge in [-0.05, 0) is 82.1 Å². The lowest BCUT2D eigenvalue weighted by atomic mass is 9.83. The number of hydrogen-bond donors (Lipinski definition) is 5. The minimum atomic E-state index is -2.89. The summed E-state index contributed by atoms with van der Waals surface area (Å²) in [5, 5.41) is 20.6. The minimum Gasteiger partial charge on any atom is -0.444 e. The molecule has 2 fully saturated rings. The highest BCUT2D eigenvalue weighted by molar-refractivity contribution is 6.38. The number of carbonyl (C=O) groups is 7. The molecule has 6 atom stereocenters. The molecule has 1 aromatic rings. The molecule has 0 aromatic heterocycles. The number of ketones is 1. The molecule has 0 spiro atoms. The highest BCUT2D eigenvalue weighted by Crippen LogP contribution is 2.34. The standard InChI is InChI=1S/C43H66F2N6O10/c1-7-22-51(59)41(57)35(29-17-13-10-14-18-29)48-33(52)25-46-39(55)37(53)31(19-20-32(44)45)47-38(54)36-30(24-27(3)26-60-6)21-23-50(36)40(56)34(28-15-11-9-12-16-28)49-42(58)61-43(4,5)8-2/h10,13-14,17-18,27-28,30-32,34-36,59H,7-9,11-12,15-16,19-26H2,1-6H3,(H,46,55)(H,47,54)(H,48,52)(H,49,58)/t27?,30-,31?,34?,35?,36?/m1/s1. The number of likely N-dealkylation sites (tertiary alicyclic amines) is 1. The van der Waals surface area contributed by atoms with Crippen molar-refractivity contribution in [3.63, 3.8) is 0 Å². The van der Waals surface area contributed by atoms with Gasteiger partial charge in [0.1, 0.15) is 23.7 Å². The Morgan fingerprint density at radius 2 is 1.62 bits per heavy atom. The van der Waals surface area contributed by atoms with Crippen LogP contribution in [0.4, 0.5) is 13.6 Å². The summed E-state index contributed by atoms with van der Waals surface area (Å²) < 4.78 is 38.1. The van der Waals surface area contributed by atoms with Gasteiger partial charge in [-0.25, -0.2) is 18.6 Å². The summed E-state index contributed by atoms with van der Waals surface area (Å²) in [5.74, 6) is -6.50. The molecule has 1 aliphatic heterocycles. The van der Waals surface area contributed by atoms with Gasteiger partial charge in [-0.2, -0.15) is 0 Å². The first-order valence-electron chi connectivity index (χ1n) is 21.5. The molecular weight excluding hydrogens is 799 g/mol. The monoisotopic (exact) mass is 864 g/mol. The van der Waals surface area contributed by atoms with Crippen LogP contribution in [0.15, 0.2) is 30.3 Å². The van der Waals surface area contributed by atoms with Crippen molar-refractivity contribution < 1.29 is 57.0 Å². The number of benzene rings is 1. The summed E-state index contributed by atoms with van der Waals surface area (Å²) in [6.07, 6.45) is 0.583. The number of amides is 6. The van der Waals surface area contributed by atoms with E-state index in [2.05, 4.69) is 21.3 Å². The van der Waals surface area contributed by atoms with Gasteiger partial charge in [0, 0.05) is 33.2 Å². The number of hydroxylamine groups is 2. The van der Waals surface area contributed by atoms with E-state index in [1.165, 1.54) is 12.0 Å². The molecule has 16 nitrogen and oxygen atoms in total. The van der Waals surface area contributed by atoms with Crippen molar-refractivity contribution in [1.82, 2.24) is 31.2 Å². The summed E-state index contributed by atoms with van der Waals surface area (Å²) in [6.45, 7) is 8.67. The van der Waals surface area contributed by atoms with Crippen molar-refractivity contribution in [2.24, 2.45) is 17.8 Å². The quantitative estimate of drug-likeness (QED) is 0.0593. The number of alkyl halides is 2. The zero-order valence-electron chi connectivity index (χ0n) is 36.4. The third kappa shape index (κ3) is 15.6. The number of alkyl carbamates (subject to hydrolysis) is 1. The van der Waals surface area contributed by atoms with Gasteiger partial charge in [0.2, 0.25) is 29.9 Å². The fourth-order valence-corrected chi connectivity index (χ4v) is 7.92. The summed E-state index contributed by atoms with van der Waals surface area (Å²) in [7, 11) is 1.54. The lowest BCUT2D eigenvalue weighted by molar-refractivity contribution is -0.168. The molecule has 18 heteroatoms. The number of methoxy groups -OCH3 is 1. The number of rotatable bonds is 23. The molecule has 5 unspecified atom stereocenters. The Labute approximate surface area is 357 Å². The molecule has 342 valence electrons. The summed E-state index contributed by atoms with van der Waals surface area (Å²) >= 11 is 0. The second-order valence-corrected chi connectivity index (χ2v) is 16.8. The van der Waals surface area contributed by atoms with E-state index in [4.69, 9.17) is 9.47 Å². The summed E-state index contributed by atoms with van der Waals surface area (Å²) in [5.41, 5.74) is -0.470. The molecule has 1 aromatic carbocycles. The first kappa shape index (κ1) is 50.6. The molecular formula is C43H66F2N6O10. The first-order valence-corrected chi connectivity index (χ1v) is 21.5. The lowest BCUT2D eigenvalue weighted by Crippen LogP contribution is -2.59. The highest BCUT2D eigenvalue weighted by atomic mass is 19.3. The Bertz CT molecular complexity index is 1630.